The lowest BCUT2D eigenvalue weighted by Crippen LogP contribution is -2.13. The largest absolute Gasteiger partial charge is 0.475 e. The molecule has 0 aromatic heterocycles. The summed E-state index contributed by atoms with van der Waals surface area (Å²) in [6.45, 7) is 0.0762. The van der Waals surface area contributed by atoms with Crippen LogP contribution in [0.2, 0.25) is 0 Å². The molecule has 6 heteroatoms. The minimum absolute atomic E-state index is 0.0152. The van der Waals surface area contributed by atoms with E-state index in [4.69, 9.17) is 13.6 Å². The van der Waals surface area contributed by atoms with E-state index in [1.807, 2.05) is 91.0 Å². The van der Waals surface area contributed by atoms with E-state index in [1.165, 1.54) is 0 Å². The molecule has 3 rings (SSSR count). The first-order valence-corrected chi connectivity index (χ1v) is 10.9. The molecule has 1 atom stereocenters. The number of rotatable bonds is 11. The molecule has 3 aromatic rings. The second kappa shape index (κ2) is 11.1. The van der Waals surface area contributed by atoms with Crippen LogP contribution in [0.1, 0.15) is 22.6 Å². The Hall–Kier alpha value is -2.27. The van der Waals surface area contributed by atoms with Gasteiger partial charge in [-0.3, -0.25) is 13.6 Å². The van der Waals surface area contributed by atoms with Gasteiger partial charge >= 0.3 is 7.82 Å². The third kappa shape index (κ3) is 6.93. The fourth-order valence-corrected chi connectivity index (χ4v) is 3.93. The van der Waals surface area contributed by atoms with E-state index in [1.54, 1.807) is 0 Å². The summed E-state index contributed by atoms with van der Waals surface area (Å²) in [6, 6.07) is 28.3. The molecule has 1 N–H and O–H groups in total. The zero-order valence-electron chi connectivity index (χ0n) is 16.1. The lowest BCUT2D eigenvalue weighted by Gasteiger charge is -2.21. The van der Waals surface area contributed by atoms with Gasteiger partial charge in [-0.15, -0.1) is 0 Å². The summed E-state index contributed by atoms with van der Waals surface area (Å²) in [4.78, 5) is 0. The van der Waals surface area contributed by atoms with Gasteiger partial charge in [-0.05, 0) is 16.7 Å². The van der Waals surface area contributed by atoms with Crippen molar-refractivity contribution in [3.05, 3.63) is 108 Å². The predicted molar refractivity (Wildman–Crippen MR) is 112 cm³/mol. The predicted octanol–water partition coefficient (Wildman–Crippen LogP) is 5.32. The SMILES string of the molecule is O=P(OCc1ccccc1)(OCc1ccccc1)OCC(CO)c1ccccc1. The van der Waals surface area contributed by atoms with Crippen LogP contribution in [0, 0.1) is 0 Å². The Morgan fingerprint density at radius 2 is 1.14 bits per heavy atom. The van der Waals surface area contributed by atoms with Crippen LogP contribution in [-0.2, 0) is 31.4 Å². The van der Waals surface area contributed by atoms with E-state index in [9.17, 15) is 9.67 Å². The molecule has 0 bridgehead atoms. The zero-order chi connectivity index (χ0) is 20.4. The second-order valence-electron chi connectivity index (χ2n) is 6.55. The zero-order valence-corrected chi connectivity index (χ0v) is 17.0. The number of aliphatic hydroxyl groups excluding tert-OH is 1. The summed E-state index contributed by atoms with van der Waals surface area (Å²) in [5, 5.41) is 9.74. The molecule has 0 aliphatic heterocycles. The normalized spacial score (nSPS) is 12.6. The summed E-state index contributed by atoms with van der Waals surface area (Å²) in [5.41, 5.74) is 2.62. The molecule has 0 saturated carbocycles. The third-order valence-electron chi connectivity index (χ3n) is 4.39. The van der Waals surface area contributed by atoms with E-state index in [0.717, 1.165) is 16.7 Å². The van der Waals surface area contributed by atoms with Crippen LogP contribution in [0.25, 0.3) is 0 Å². The number of phosphoric ester groups is 1. The number of hydrogen-bond donors (Lipinski definition) is 1. The van der Waals surface area contributed by atoms with Gasteiger partial charge in [0, 0.05) is 5.92 Å². The van der Waals surface area contributed by atoms with Crippen molar-refractivity contribution in [3.8, 4) is 0 Å². The van der Waals surface area contributed by atoms with Gasteiger partial charge in [-0.25, -0.2) is 4.57 Å². The number of aliphatic hydroxyl groups is 1. The van der Waals surface area contributed by atoms with Gasteiger partial charge in [-0.1, -0.05) is 91.0 Å². The van der Waals surface area contributed by atoms with Gasteiger partial charge in [0.1, 0.15) is 0 Å². The maximum Gasteiger partial charge on any atom is 0.475 e. The Morgan fingerprint density at radius 3 is 1.59 bits per heavy atom. The fourth-order valence-electron chi connectivity index (χ4n) is 2.73. The summed E-state index contributed by atoms with van der Waals surface area (Å²) >= 11 is 0. The minimum atomic E-state index is -3.85. The van der Waals surface area contributed by atoms with Gasteiger partial charge in [0.25, 0.3) is 0 Å². The fraction of sp³-hybridized carbons (Fsp3) is 0.217. The van der Waals surface area contributed by atoms with Crippen LogP contribution in [0.3, 0.4) is 0 Å². The topological polar surface area (TPSA) is 65.0 Å². The molecule has 0 aliphatic rings. The number of benzene rings is 3. The Kier molecular flexibility index (Phi) is 8.17. The molecule has 0 spiro atoms. The standard InChI is InChI=1S/C23H25O5P/c24-16-23(22-14-8-3-9-15-22)19-28-29(25,26-17-20-10-4-1-5-11-20)27-18-21-12-6-2-7-13-21/h1-15,23-24H,16-19H2. The number of hydrogen-bond acceptors (Lipinski definition) is 5. The summed E-state index contributed by atoms with van der Waals surface area (Å²) in [5.74, 6) is -0.329. The van der Waals surface area contributed by atoms with Crippen molar-refractivity contribution in [2.24, 2.45) is 0 Å². The van der Waals surface area contributed by atoms with Gasteiger partial charge in [0.2, 0.25) is 0 Å². The molecule has 0 saturated heterocycles. The van der Waals surface area contributed by atoms with Crippen LogP contribution >= 0.6 is 7.82 Å². The highest BCUT2D eigenvalue weighted by Crippen LogP contribution is 2.51. The van der Waals surface area contributed by atoms with E-state index in [0.29, 0.717) is 0 Å². The van der Waals surface area contributed by atoms with E-state index in [2.05, 4.69) is 0 Å². The summed E-state index contributed by atoms with van der Waals surface area (Å²) in [7, 11) is -3.85. The van der Waals surface area contributed by atoms with Gasteiger partial charge in [-0.2, -0.15) is 0 Å². The second-order valence-corrected chi connectivity index (χ2v) is 8.22. The van der Waals surface area contributed by atoms with Gasteiger partial charge in [0.05, 0.1) is 26.4 Å². The average Bonchev–Trinajstić information content (AvgIpc) is 2.79. The summed E-state index contributed by atoms with van der Waals surface area (Å²) in [6.07, 6.45) is 0. The maximum absolute atomic E-state index is 13.3. The highest BCUT2D eigenvalue weighted by atomic mass is 31.2. The molecule has 0 heterocycles. The maximum atomic E-state index is 13.3. The third-order valence-corrected chi connectivity index (χ3v) is 5.75. The lowest BCUT2D eigenvalue weighted by molar-refractivity contribution is 0.0910. The first-order valence-electron chi connectivity index (χ1n) is 9.46. The van der Waals surface area contributed by atoms with Crippen LogP contribution in [-0.4, -0.2) is 18.3 Å². The highest BCUT2D eigenvalue weighted by Gasteiger charge is 2.29. The molecule has 3 aromatic carbocycles. The van der Waals surface area contributed by atoms with Crippen molar-refractivity contribution >= 4 is 7.82 Å². The van der Waals surface area contributed by atoms with Gasteiger partial charge < -0.3 is 5.11 Å². The first kappa shape index (κ1) is 21.4. The van der Waals surface area contributed by atoms with Crippen LogP contribution in [0.5, 0.6) is 0 Å². The molecule has 29 heavy (non-hydrogen) atoms. The Balaban J connectivity index is 1.67. The van der Waals surface area contributed by atoms with E-state index >= 15 is 0 Å². The van der Waals surface area contributed by atoms with Crippen molar-refractivity contribution in [1.29, 1.82) is 0 Å². The van der Waals surface area contributed by atoms with E-state index in [-0.39, 0.29) is 32.3 Å². The van der Waals surface area contributed by atoms with Crippen LogP contribution in [0.4, 0.5) is 0 Å². The van der Waals surface area contributed by atoms with Crippen LogP contribution in [0.15, 0.2) is 91.0 Å². The molecule has 0 radical (unpaired) electrons. The Labute approximate surface area is 171 Å². The van der Waals surface area contributed by atoms with Crippen molar-refractivity contribution in [2.45, 2.75) is 19.1 Å². The molecule has 152 valence electrons. The van der Waals surface area contributed by atoms with Crippen molar-refractivity contribution in [1.82, 2.24) is 0 Å². The smallest absolute Gasteiger partial charge is 0.396 e. The molecule has 1 unspecified atom stereocenters. The number of phosphoric acid groups is 1. The molecular weight excluding hydrogens is 387 g/mol. The Morgan fingerprint density at radius 1 is 0.690 bits per heavy atom. The molecule has 0 fully saturated rings. The monoisotopic (exact) mass is 412 g/mol. The highest BCUT2D eigenvalue weighted by molar-refractivity contribution is 7.48. The first-order chi connectivity index (χ1) is 14.2. The van der Waals surface area contributed by atoms with Crippen molar-refractivity contribution in [3.63, 3.8) is 0 Å². The van der Waals surface area contributed by atoms with Crippen molar-refractivity contribution < 1.29 is 23.2 Å². The van der Waals surface area contributed by atoms with E-state index < -0.39 is 7.82 Å². The van der Waals surface area contributed by atoms with Crippen molar-refractivity contribution in [2.75, 3.05) is 13.2 Å². The van der Waals surface area contributed by atoms with Crippen LogP contribution < -0.4 is 0 Å². The molecule has 5 nitrogen and oxygen atoms in total. The Bertz CT molecular complexity index is 839. The lowest BCUT2D eigenvalue weighted by atomic mass is 10.0. The summed E-state index contributed by atoms with van der Waals surface area (Å²) < 4.78 is 30.1. The molecular formula is C23H25O5P. The van der Waals surface area contributed by atoms with Gasteiger partial charge in [0.15, 0.2) is 0 Å². The average molecular weight is 412 g/mol. The molecule has 0 aliphatic carbocycles. The quantitative estimate of drug-likeness (QED) is 0.432. The minimum Gasteiger partial charge on any atom is -0.396 e. The molecule has 0 amide bonds.